The van der Waals surface area contributed by atoms with Gasteiger partial charge in [-0.1, -0.05) is 0 Å². The quantitative estimate of drug-likeness (QED) is 0.477. The lowest BCUT2D eigenvalue weighted by atomic mass is 10.2. The highest BCUT2D eigenvalue weighted by Gasteiger charge is 2.21. The second-order valence-electron chi connectivity index (χ2n) is 2.58. The highest BCUT2D eigenvalue weighted by atomic mass is 16.6. The first-order chi connectivity index (χ1) is 8.33. The van der Waals surface area contributed by atoms with Crippen molar-refractivity contribution in [3.05, 3.63) is 48.5 Å². The minimum atomic E-state index is -0.931. The second-order valence-corrected chi connectivity index (χ2v) is 2.58. The summed E-state index contributed by atoms with van der Waals surface area (Å²) in [6.45, 7) is 0. The van der Waals surface area contributed by atoms with Crippen molar-refractivity contribution in [2.24, 2.45) is 0 Å². The number of benzene rings is 1. The van der Waals surface area contributed by atoms with Gasteiger partial charge in [-0.25, -0.2) is 0 Å². The minimum Gasteiger partial charge on any atom is -0.443 e. The van der Waals surface area contributed by atoms with Gasteiger partial charge in [-0.2, -0.15) is 5.26 Å². The van der Waals surface area contributed by atoms with Crippen molar-refractivity contribution < 1.29 is 19.9 Å². The Morgan fingerprint density at radius 2 is 1.06 bits per heavy atom. The Bertz CT molecular complexity index is 456. The van der Waals surface area contributed by atoms with E-state index in [1.54, 1.807) is 0 Å². The molecular formula is C7H4N4O7. The third-order valence-corrected chi connectivity index (χ3v) is 1.52. The lowest BCUT2D eigenvalue weighted by Crippen LogP contribution is -1.96. The first kappa shape index (κ1) is 14.7. The zero-order chi connectivity index (χ0) is 14.3. The topological polar surface area (TPSA) is 173 Å². The van der Waals surface area contributed by atoms with Crippen LogP contribution < -0.4 is 0 Å². The van der Waals surface area contributed by atoms with Crippen molar-refractivity contribution in [1.29, 1.82) is 5.26 Å². The predicted molar refractivity (Wildman–Crippen MR) is 54.0 cm³/mol. The molecule has 0 unspecified atom stereocenters. The Morgan fingerprint density at radius 3 is 1.17 bits per heavy atom. The van der Waals surface area contributed by atoms with Crippen LogP contribution in [-0.4, -0.2) is 19.9 Å². The van der Waals surface area contributed by atoms with E-state index in [2.05, 4.69) is 0 Å². The molecule has 0 aromatic heterocycles. The van der Waals surface area contributed by atoms with Crippen LogP contribution in [0.5, 0.6) is 0 Å². The molecule has 0 amide bonds. The molecule has 0 spiro atoms. The van der Waals surface area contributed by atoms with Crippen LogP contribution >= 0.6 is 0 Å². The largest absolute Gasteiger partial charge is 0.443 e. The van der Waals surface area contributed by atoms with Gasteiger partial charge < -0.3 is 5.11 Å². The highest BCUT2D eigenvalue weighted by molar-refractivity contribution is 5.52. The van der Waals surface area contributed by atoms with Crippen LogP contribution in [0.2, 0.25) is 0 Å². The molecule has 18 heavy (non-hydrogen) atoms. The molecule has 0 atom stereocenters. The summed E-state index contributed by atoms with van der Waals surface area (Å²) in [7, 11) is 0. The van der Waals surface area contributed by atoms with Crippen molar-refractivity contribution >= 4 is 17.1 Å². The maximum absolute atomic E-state index is 10.3. The second kappa shape index (κ2) is 6.33. The third kappa shape index (κ3) is 4.06. The maximum atomic E-state index is 10.3. The summed E-state index contributed by atoms with van der Waals surface area (Å²) < 4.78 is 0. The fourth-order valence-corrected chi connectivity index (χ4v) is 0.896. The number of rotatable bonds is 3. The standard InChI is InChI=1S/C6H3N3O6.CHNO/c10-7(11)4-1-5(8(12)13)3-6(2-4)9(14)15;2-1-3/h1-3H;3H. The minimum absolute atomic E-state index is 0.660. The van der Waals surface area contributed by atoms with Crippen LogP contribution in [0.4, 0.5) is 17.1 Å². The molecule has 0 saturated carbocycles. The number of nitro groups is 3. The van der Waals surface area contributed by atoms with Gasteiger partial charge in [0.25, 0.3) is 23.3 Å². The fraction of sp³-hybridized carbons (Fsp3) is 0. The number of nitriles is 1. The summed E-state index contributed by atoms with van der Waals surface area (Å²) in [6, 6.07) is 1.98. The normalized spacial score (nSPS) is 8.39. The summed E-state index contributed by atoms with van der Waals surface area (Å²) in [5, 5.41) is 44.7. The third-order valence-electron chi connectivity index (χ3n) is 1.52. The van der Waals surface area contributed by atoms with E-state index in [-0.39, 0.29) is 0 Å². The van der Waals surface area contributed by atoms with Gasteiger partial charge in [-0.05, 0) is 0 Å². The van der Waals surface area contributed by atoms with Crippen LogP contribution in [0.1, 0.15) is 0 Å². The lowest BCUT2D eigenvalue weighted by molar-refractivity contribution is -0.403. The van der Waals surface area contributed by atoms with Gasteiger partial charge in [0, 0.05) is 0 Å². The van der Waals surface area contributed by atoms with Crippen molar-refractivity contribution in [2.45, 2.75) is 0 Å². The van der Waals surface area contributed by atoms with E-state index in [1.165, 1.54) is 0 Å². The molecule has 1 aromatic rings. The van der Waals surface area contributed by atoms with Crippen LogP contribution in [0.15, 0.2) is 18.2 Å². The van der Waals surface area contributed by atoms with Gasteiger partial charge in [-0.3, -0.25) is 30.3 Å². The van der Waals surface area contributed by atoms with Gasteiger partial charge in [0.15, 0.2) is 0 Å². The molecule has 94 valence electrons. The van der Waals surface area contributed by atoms with E-state index < -0.39 is 31.8 Å². The highest BCUT2D eigenvalue weighted by Crippen LogP contribution is 2.26. The summed E-state index contributed by atoms with van der Waals surface area (Å²) in [5.74, 6) is 0. The molecule has 0 aliphatic rings. The smallest absolute Gasteiger partial charge is 0.283 e. The summed E-state index contributed by atoms with van der Waals surface area (Å²) in [6.07, 6.45) is 0.750. The molecule has 0 aliphatic heterocycles. The van der Waals surface area contributed by atoms with E-state index >= 15 is 0 Å². The Labute approximate surface area is 97.9 Å². The van der Waals surface area contributed by atoms with Crippen LogP contribution in [-0.2, 0) is 0 Å². The van der Waals surface area contributed by atoms with E-state index in [0.717, 1.165) is 6.26 Å². The van der Waals surface area contributed by atoms with Crippen molar-refractivity contribution in [3.63, 3.8) is 0 Å². The fourth-order valence-electron chi connectivity index (χ4n) is 0.896. The Morgan fingerprint density at radius 1 is 0.889 bits per heavy atom. The molecule has 11 nitrogen and oxygen atoms in total. The zero-order valence-electron chi connectivity index (χ0n) is 8.42. The Balaban J connectivity index is 0.000000873. The van der Waals surface area contributed by atoms with E-state index in [4.69, 9.17) is 10.4 Å². The van der Waals surface area contributed by atoms with Crippen molar-refractivity contribution in [1.82, 2.24) is 0 Å². The molecule has 0 radical (unpaired) electrons. The molecule has 0 saturated heterocycles. The SMILES string of the molecule is N#CO.O=[N+]([O-])c1cc([N+](=O)[O-])cc([N+](=O)[O-])c1. The molecule has 0 heterocycles. The summed E-state index contributed by atoms with van der Waals surface area (Å²) in [4.78, 5) is 28.1. The molecule has 0 bridgehead atoms. The average Bonchev–Trinajstić information content (AvgIpc) is 2.29. The molecule has 1 aromatic carbocycles. The van der Waals surface area contributed by atoms with Crippen molar-refractivity contribution in [3.8, 4) is 6.26 Å². The number of aliphatic hydroxyl groups is 1. The van der Waals surface area contributed by atoms with Gasteiger partial charge in [0.2, 0.25) is 0 Å². The number of hydrogen-bond acceptors (Lipinski definition) is 8. The van der Waals surface area contributed by atoms with Crippen molar-refractivity contribution in [2.75, 3.05) is 0 Å². The van der Waals surface area contributed by atoms with Crippen LogP contribution in [0.3, 0.4) is 0 Å². The van der Waals surface area contributed by atoms with Crippen LogP contribution in [0, 0.1) is 41.9 Å². The van der Waals surface area contributed by atoms with Gasteiger partial charge in [0.05, 0.1) is 33.0 Å². The molecule has 1 N–H and O–H groups in total. The van der Waals surface area contributed by atoms with Gasteiger partial charge in [-0.15, -0.1) is 0 Å². The summed E-state index contributed by atoms with van der Waals surface area (Å²) >= 11 is 0. The molecular weight excluding hydrogens is 252 g/mol. The molecule has 0 aliphatic carbocycles. The first-order valence-electron chi connectivity index (χ1n) is 3.95. The summed E-state index contributed by atoms with van der Waals surface area (Å²) in [5.41, 5.74) is -2.05. The molecule has 1 rings (SSSR count). The Hall–Kier alpha value is -3.29. The van der Waals surface area contributed by atoms with E-state index in [0.29, 0.717) is 18.2 Å². The number of nitrogens with zero attached hydrogens (tertiary/aromatic N) is 4. The lowest BCUT2D eigenvalue weighted by Gasteiger charge is -1.93. The average molecular weight is 256 g/mol. The maximum Gasteiger partial charge on any atom is 0.283 e. The van der Waals surface area contributed by atoms with E-state index in [9.17, 15) is 30.3 Å². The number of aliphatic hydroxyl groups excluding tert-OH is 1. The van der Waals surface area contributed by atoms with Gasteiger partial charge in [0.1, 0.15) is 0 Å². The predicted octanol–water partition coefficient (Wildman–Crippen LogP) is 1.25. The Kier molecular flexibility index (Phi) is 5.17. The first-order valence-corrected chi connectivity index (χ1v) is 3.95. The number of hydrogen-bond donors (Lipinski definition) is 1. The number of non-ortho nitro benzene ring substituents is 3. The zero-order valence-corrected chi connectivity index (χ0v) is 8.42. The molecule has 11 heteroatoms. The van der Waals surface area contributed by atoms with Gasteiger partial charge >= 0.3 is 0 Å². The number of nitro benzene ring substituents is 3. The molecule has 0 fully saturated rings. The monoisotopic (exact) mass is 256 g/mol. The van der Waals surface area contributed by atoms with E-state index in [1.807, 2.05) is 0 Å². The van der Waals surface area contributed by atoms with Crippen LogP contribution in [0.25, 0.3) is 0 Å².